The summed E-state index contributed by atoms with van der Waals surface area (Å²) in [5.74, 6) is -0.394. The fourth-order valence-electron chi connectivity index (χ4n) is 3.36. The molecule has 6 atom stereocenters. The maximum Gasteiger partial charge on any atom is 0.331 e. The number of allylic oxidation sites excluding steroid dienone is 5. The molecule has 2 heterocycles. The molecule has 2 bridgehead atoms. The number of aliphatic hydroxyl groups excluding tert-OH is 3. The fourth-order valence-corrected chi connectivity index (χ4v) is 3.36. The van der Waals surface area contributed by atoms with Crippen LogP contribution in [-0.4, -0.2) is 57.9 Å². The van der Waals surface area contributed by atoms with E-state index in [0.717, 1.165) is 19.3 Å². The molecule has 0 radical (unpaired) electrons. The first-order valence-corrected chi connectivity index (χ1v) is 10.7. The first kappa shape index (κ1) is 24.3. The van der Waals surface area contributed by atoms with E-state index in [4.69, 9.17) is 9.47 Å². The number of carbonyl (C=O) groups excluding carboxylic acids is 1. The molecule has 0 aromatic heterocycles. The lowest BCUT2D eigenvalue weighted by Gasteiger charge is -2.35. The topological polar surface area (TPSA) is 96.2 Å². The second kappa shape index (κ2) is 13.3. The zero-order chi connectivity index (χ0) is 21.8. The molecule has 1 saturated heterocycles. The Kier molecular flexibility index (Phi) is 10.8. The Morgan fingerprint density at radius 3 is 2.57 bits per heavy atom. The SMILES string of the molecule is C[C@@H]1CCC/C=C/[C@@H]2O[C@H](C/C=C\C=C\[C@H](O)C/C=C/C=C\C(=O)O1)C[C@@H](O)[C@H]2O. The summed E-state index contributed by atoms with van der Waals surface area (Å²) in [4.78, 5) is 11.8. The maximum absolute atomic E-state index is 11.8. The number of cyclic esters (lactones) is 1. The molecular weight excluding hydrogens is 384 g/mol. The van der Waals surface area contributed by atoms with Crippen LogP contribution in [0.3, 0.4) is 0 Å². The zero-order valence-electron chi connectivity index (χ0n) is 17.5. The zero-order valence-corrected chi connectivity index (χ0v) is 17.5. The average molecular weight is 419 g/mol. The van der Waals surface area contributed by atoms with Crippen LogP contribution >= 0.6 is 0 Å². The minimum atomic E-state index is -0.943. The van der Waals surface area contributed by atoms with E-state index in [-0.39, 0.29) is 12.2 Å². The van der Waals surface area contributed by atoms with Crippen LogP contribution in [0.2, 0.25) is 0 Å². The molecule has 166 valence electrons. The Balaban J connectivity index is 2.02. The van der Waals surface area contributed by atoms with Gasteiger partial charge in [0.15, 0.2) is 0 Å². The normalized spacial score (nSPS) is 40.1. The summed E-state index contributed by atoms with van der Waals surface area (Å²) in [6.45, 7) is 1.86. The molecule has 6 nitrogen and oxygen atoms in total. The van der Waals surface area contributed by atoms with Crippen molar-refractivity contribution in [3.8, 4) is 0 Å². The van der Waals surface area contributed by atoms with Crippen molar-refractivity contribution < 1.29 is 29.6 Å². The van der Waals surface area contributed by atoms with Crippen molar-refractivity contribution in [1.82, 2.24) is 0 Å². The lowest BCUT2D eigenvalue weighted by atomic mass is 9.95. The molecule has 0 saturated carbocycles. The van der Waals surface area contributed by atoms with Gasteiger partial charge >= 0.3 is 5.97 Å². The third-order valence-corrected chi connectivity index (χ3v) is 5.05. The van der Waals surface area contributed by atoms with Crippen LogP contribution in [0.4, 0.5) is 0 Å². The number of hydrogen-bond acceptors (Lipinski definition) is 6. The predicted octanol–water partition coefficient (Wildman–Crippen LogP) is 2.90. The first-order chi connectivity index (χ1) is 14.5. The number of carbonyl (C=O) groups is 1. The van der Waals surface area contributed by atoms with Gasteiger partial charge in [0, 0.05) is 12.5 Å². The molecule has 1 fully saturated rings. The summed E-state index contributed by atoms with van der Waals surface area (Å²) >= 11 is 0. The molecule has 0 aromatic rings. The Hall–Kier alpha value is -1.99. The summed E-state index contributed by atoms with van der Waals surface area (Å²) in [5.41, 5.74) is 0. The van der Waals surface area contributed by atoms with Crippen molar-refractivity contribution >= 4 is 5.97 Å². The van der Waals surface area contributed by atoms with Gasteiger partial charge in [-0.3, -0.25) is 0 Å². The van der Waals surface area contributed by atoms with E-state index in [1.165, 1.54) is 6.08 Å². The van der Waals surface area contributed by atoms with Crippen molar-refractivity contribution in [3.63, 3.8) is 0 Å². The molecule has 0 aromatic carbocycles. The Bertz CT molecular complexity index is 663. The monoisotopic (exact) mass is 418 g/mol. The average Bonchev–Trinajstić information content (AvgIpc) is 2.69. The third kappa shape index (κ3) is 9.22. The molecule has 30 heavy (non-hydrogen) atoms. The largest absolute Gasteiger partial charge is 0.460 e. The number of hydrogen-bond donors (Lipinski definition) is 3. The van der Waals surface area contributed by atoms with E-state index in [2.05, 4.69) is 0 Å². The van der Waals surface area contributed by atoms with E-state index < -0.39 is 30.4 Å². The van der Waals surface area contributed by atoms with Gasteiger partial charge in [0.1, 0.15) is 12.2 Å². The van der Waals surface area contributed by atoms with Crippen molar-refractivity contribution in [3.05, 3.63) is 60.8 Å². The highest BCUT2D eigenvalue weighted by Gasteiger charge is 2.34. The van der Waals surface area contributed by atoms with Crippen LogP contribution in [0.25, 0.3) is 0 Å². The third-order valence-electron chi connectivity index (χ3n) is 5.05. The molecule has 2 aliphatic rings. The van der Waals surface area contributed by atoms with Gasteiger partial charge in [-0.2, -0.15) is 0 Å². The summed E-state index contributed by atoms with van der Waals surface area (Å²) in [7, 11) is 0. The van der Waals surface area contributed by atoms with Crippen LogP contribution in [0.15, 0.2) is 60.8 Å². The van der Waals surface area contributed by atoms with Gasteiger partial charge in [0.25, 0.3) is 0 Å². The summed E-state index contributed by atoms with van der Waals surface area (Å²) in [6, 6.07) is 0. The summed E-state index contributed by atoms with van der Waals surface area (Å²) < 4.78 is 11.3. The van der Waals surface area contributed by atoms with E-state index in [1.807, 2.05) is 25.2 Å². The smallest absolute Gasteiger partial charge is 0.331 e. The molecule has 2 rings (SSSR count). The molecule has 2 aliphatic heterocycles. The van der Waals surface area contributed by atoms with Crippen LogP contribution in [0.5, 0.6) is 0 Å². The molecule has 0 aliphatic carbocycles. The van der Waals surface area contributed by atoms with Crippen molar-refractivity contribution in [2.45, 2.75) is 82.1 Å². The molecule has 0 spiro atoms. The van der Waals surface area contributed by atoms with E-state index in [0.29, 0.717) is 19.3 Å². The van der Waals surface area contributed by atoms with Gasteiger partial charge < -0.3 is 24.8 Å². The van der Waals surface area contributed by atoms with Crippen molar-refractivity contribution in [1.29, 1.82) is 0 Å². The molecule has 3 N–H and O–H groups in total. The van der Waals surface area contributed by atoms with Crippen LogP contribution in [-0.2, 0) is 14.3 Å². The van der Waals surface area contributed by atoms with Gasteiger partial charge in [-0.25, -0.2) is 4.79 Å². The lowest BCUT2D eigenvalue weighted by Crippen LogP contribution is -2.47. The quantitative estimate of drug-likeness (QED) is 0.414. The second-order valence-corrected chi connectivity index (χ2v) is 7.76. The van der Waals surface area contributed by atoms with Crippen LogP contribution in [0, 0.1) is 0 Å². The van der Waals surface area contributed by atoms with Gasteiger partial charge in [-0.05, 0) is 39.0 Å². The second-order valence-electron chi connectivity index (χ2n) is 7.76. The van der Waals surface area contributed by atoms with Gasteiger partial charge in [0.05, 0.1) is 24.4 Å². The Morgan fingerprint density at radius 1 is 0.967 bits per heavy atom. The van der Waals surface area contributed by atoms with E-state index >= 15 is 0 Å². The van der Waals surface area contributed by atoms with E-state index in [9.17, 15) is 20.1 Å². The molecule has 0 amide bonds. The van der Waals surface area contributed by atoms with Gasteiger partial charge in [-0.15, -0.1) is 0 Å². The Morgan fingerprint density at radius 2 is 1.73 bits per heavy atom. The first-order valence-electron chi connectivity index (χ1n) is 10.7. The highest BCUT2D eigenvalue weighted by atomic mass is 16.5. The van der Waals surface area contributed by atoms with Gasteiger partial charge in [-0.1, -0.05) is 54.7 Å². The van der Waals surface area contributed by atoms with E-state index in [1.54, 1.807) is 36.5 Å². The number of ether oxygens (including phenoxy) is 2. The number of esters is 1. The molecule has 6 heteroatoms. The van der Waals surface area contributed by atoms with Crippen LogP contribution in [0.1, 0.15) is 45.4 Å². The number of fused-ring (bicyclic) bond motifs is 2. The molecular formula is C24H34O6. The van der Waals surface area contributed by atoms with Crippen molar-refractivity contribution in [2.75, 3.05) is 0 Å². The Labute approximate surface area is 178 Å². The number of rotatable bonds is 0. The predicted molar refractivity (Wildman–Crippen MR) is 116 cm³/mol. The fraction of sp³-hybridized carbons (Fsp3) is 0.542. The highest BCUT2D eigenvalue weighted by Crippen LogP contribution is 2.24. The minimum Gasteiger partial charge on any atom is -0.460 e. The maximum atomic E-state index is 11.8. The highest BCUT2D eigenvalue weighted by molar-refractivity contribution is 5.82. The van der Waals surface area contributed by atoms with Crippen LogP contribution < -0.4 is 0 Å². The summed E-state index contributed by atoms with van der Waals surface area (Å²) in [5, 5.41) is 30.3. The minimum absolute atomic E-state index is 0.181. The molecule has 0 unspecified atom stereocenters. The summed E-state index contributed by atoms with van der Waals surface area (Å²) in [6.07, 6.45) is 17.9. The lowest BCUT2D eigenvalue weighted by molar-refractivity contribution is -0.149. The standard InChI is InChI=1S/C24H34O6/c1-18-11-5-2-9-15-22-24(28)21(26)17-20(30-22)14-8-3-6-12-19(25)13-7-4-10-16-23(27)29-18/h3-4,6-10,12,15-16,18-22,24-26,28H,2,5,11,13-14,17H2,1H3/b7-4+,8-3-,12-6+,15-9+,16-10-/t18-,19+,20-,21-,22+,24-/m1/s1. The van der Waals surface area contributed by atoms with Crippen molar-refractivity contribution in [2.24, 2.45) is 0 Å². The van der Waals surface area contributed by atoms with Gasteiger partial charge in [0.2, 0.25) is 0 Å². The number of aliphatic hydroxyl groups is 3.